The van der Waals surface area contributed by atoms with E-state index >= 15 is 0 Å². The molecule has 0 radical (unpaired) electrons. The summed E-state index contributed by atoms with van der Waals surface area (Å²) in [6.45, 7) is 0.671. The molecule has 4 nitrogen and oxygen atoms in total. The van der Waals surface area contributed by atoms with Crippen molar-refractivity contribution >= 4 is 17.3 Å². The average Bonchev–Trinajstić information content (AvgIpc) is 2.30. The number of nitrogens with zero attached hydrogens (tertiary/aromatic N) is 3. The van der Waals surface area contributed by atoms with Crippen LogP contribution >= 0.6 is 11.6 Å². The van der Waals surface area contributed by atoms with E-state index in [1.165, 1.54) is 6.33 Å². The van der Waals surface area contributed by atoms with E-state index in [9.17, 15) is 0 Å². The summed E-state index contributed by atoms with van der Waals surface area (Å²) in [6, 6.07) is 3.62. The van der Waals surface area contributed by atoms with Gasteiger partial charge in [0.15, 0.2) is 0 Å². The Balaban J connectivity index is 1.96. The highest BCUT2D eigenvalue weighted by molar-refractivity contribution is 6.29. The van der Waals surface area contributed by atoms with Gasteiger partial charge in [-0.05, 0) is 12.1 Å². The first kappa shape index (κ1) is 9.86. The molecular weight excluding hydrogens is 212 g/mol. The predicted molar refractivity (Wildman–Crippen MR) is 58.6 cm³/mol. The van der Waals surface area contributed by atoms with E-state index in [1.54, 1.807) is 24.7 Å². The van der Waals surface area contributed by atoms with E-state index in [4.69, 9.17) is 11.6 Å². The van der Waals surface area contributed by atoms with Crippen molar-refractivity contribution < 1.29 is 0 Å². The van der Waals surface area contributed by atoms with Crippen molar-refractivity contribution in [2.75, 3.05) is 5.32 Å². The number of halogens is 1. The van der Waals surface area contributed by atoms with Crippen LogP contribution in [0.4, 0.5) is 5.69 Å². The molecule has 0 amide bonds. The Kier molecular flexibility index (Phi) is 3.09. The van der Waals surface area contributed by atoms with Crippen LogP contribution in [0, 0.1) is 0 Å². The van der Waals surface area contributed by atoms with Crippen molar-refractivity contribution in [2.24, 2.45) is 0 Å². The van der Waals surface area contributed by atoms with Crippen molar-refractivity contribution in [1.29, 1.82) is 0 Å². The smallest absolute Gasteiger partial charge is 0.129 e. The van der Waals surface area contributed by atoms with E-state index in [-0.39, 0.29) is 0 Å². The molecule has 2 aromatic heterocycles. The van der Waals surface area contributed by atoms with Gasteiger partial charge >= 0.3 is 0 Å². The van der Waals surface area contributed by atoms with Gasteiger partial charge in [0.25, 0.3) is 0 Å². The lowest BCUT2D eigenvalue weighted by molar-refractivity contribution is 1.05. The molecule has 0 unspecified atom stereocenters. The summed E-state index contributed by atoms with van der Waals surface area (Å²) in [5.74, 6) is 0. The van der Waals surface area contributed by atoms with Gasteiger partial charge in [0.2, 0.25) is 0 Å². The fourth-order valence-electron chi connectivity index (χ4n) is 1.11. The molecule has 0 saturated carbocycles. The second kappa shape index (κ2) is 4.70. The molecule has 76 valence electrons. The van der Waals surface area contributed by atoms with Gasteiger partial charge in [0, 0.05) is 24.5 Å². The molecular formula is C10H9ClN4. The molecule has 0 spiro atoms. The van der Waals surface area contributed by atoms with Crippen LogP contribution < -0.4 is 5.32 Å². The lowest BCUT2D eigenvalue weighted by atomic mass is 10.3. The van der Waals surface area contributed by atoms with Crippen LogP contribution in [-0.2, 0) is 6.54 Å². The molecule has 15 heavy (non-hydrogen) atoms. The second-order valence-corrected chi connectivity index (χ2v) is 3.36. The maximum atomic E-state index is 5.67. The summed E-state index contributed by atoms with van der Waals surface area (Å²) in [7, 11) is 0. The van der Waals surface area contributed by atoms with E-state index in [0.29, 0.717) is 11.7 Å². The minimum Gasteiger partial charge on any atom is -0.380 e. The highest BCUT2D eigenvalue weighted by Gasteiger charge is 1.94. The summed E-state index contributed by atoms with van der Waals surface area (Å²) in [5.41, 5.74) is 1.94. The van der Waals surface area contributed by atoms with Gasteiger partial charge in [0.1, 0.15) is 11.5 Å². The Morgan fingerprint density at radius 1 is 1.13 bits per heavy atom. The zero-order valence-corrected chi connectivity index (χ0v) is 8.65. The average molecular weight is 221 g/mol. The maximum Gasteiger partial charge on any atom is 0.129 e. The van der Waals surface area contributed by atoms with Crippen molar-refractivity contribution in [3.8, 4) is 0 Å². The molecule has 0 aliphatic rings. The van der Waals surface area contributed by atoms with Crippen molar-refractivity contribution in [3.05, 3.63) is 47.8 Å². The Hall–Kier alpha value is -1.68. The molecule has 0 saturated heterocycles. The molecule has 0 aliphatic heterocycles. The SMILES string of the molecule is Clc1ccc(NCc2cncnc2)cn1. The van der Waals surface area contributed by atoms with Gasteiger partial charge in [0.05, 0.1) is 11.9 Å². The van der Waals surface area contributed by atoms with Crippen molar-refractivity contribution in [1.82, 2.24) is 15.0 Å². The Morgan fingerprint density at radius 2 is 1.93 bits per heavy atom. The number of anilines is 1. The minimum absolute atomic E-state index is 0.489. The lowest BCUT2D eigenvalue weighted by Crippen LogP contribution is -2.00. The predicted octanol–water partition coefficient (Wildman–Crippen LogP) is 2.14. The van der Waals surface area contributed by atoms with Gasteiger partial charge < -0.3 is 5.32 Å². The van der Waals surface area contributed by atoms with Gasteiger partial charge in [-0.2, -0.15) is 0 Å². The van der Waals surface area contributed by atoms with Crippen LogP contribution in [0.25, 0.3) is 0 Å². The molecule has 1 N–H and O–H groups in total. The molecule has 2 aromatic rings. The number of pyridine rings is 1. The minimum atomic E-state index is 0.489. The monoisotopic (exact) mass is 220 g/mol. The summed E-state index contributed by atoms with van der Waals surface area (Å²) in [5, 5.41) is 3.68. The fourth-order valence-corrected chi connectivity index (χ4v) is 1.22. The normalized spacial score (nSPS) is 9.93. The van der Waals surface area contributed by atoms with Crippen LogP contribution in [0.1, 0.15) is 5.56 Å². The third-order valence-corrected chi connectivity index (χ3v) is 2.06. The molecule has 0 atom stereocenters. The van der Waals surface area contributed by atoms with Gasteiger partial charge in [-0.15, -0.1) is 0 Å². The van der Waals surface area contributed by atoms with Gasteiger partial charge in [-0.3, -0.25) is 0 Å². The van der Waals surface area contributed by atoms with Gasteiger partial charge in [-0.25, -0.2) is 15.0 Å². The zero-order chi connectivity index (χ0) is 10.5. The zero-order valence-electron chi connectivity index (χ0n) is 7.89. The summed E-state index contributed by atoms with van der Waals surface area (Å²) < 4.78 is 0. The Labute approximate surface area is 92.4 Å². The number of hydrogen-bond donors (Lipinski definition) is 1. The first-order valence-corrected chi connectivity index (χ1v) is 4.82. The summed E-state index contributed by atoms with van der Waals surface area (Å²) in [6.07, 6.45) is 6.73. The quantitative estimate of drug-likeness (QED) is 0.806. The third-order valence-electron chi connectivity index (χ3n) is 1.84. The third kappa shape index (κ3) is 2.89. The topological polar surface area (TPSA) is 50.7 Å². The molecule has 0 aliphatic carbocycles. The number of aromatic nitrogens is 3. The van der Waals surface area contributed by atoms with E-state index in [2.05, 4.69) is 20.3 Å². The molecule has 2 heterocycles. The van der Waals surface area contributed by atoms with Crippen LogP contribution in [0.3, 0.4) is 0 Å². The van der Waals surface area contributed by atoms with E-state index < -0.39 is 0 Å². The molecule has 5 heteroatoms. The van der Waals surface area contributed by atoms with Crippen molar-refractivity contribution in [2.45, 2.75) is 6.54 Å². The molecule has 0 fully saturated rings. The van der Waals surface area contributed by atoms with Crippen LogP contribution in [0.15, 0.2) is 37.1 Å². The molecule has 0 aromatic carbocycles. The maximum absolute atomic E-state index is 5.67. The number of rotatable bonds is 3. The summed E-state index contributed by atoms with van der Waals surface area (Å²) in [4.78, 5) is 11.8. The van der Waals surface area contributed by atoms with Crippen LogP contribution in [-0.4, -0.2) is 15.0 Å². The summed E-state index contributed by atoms with van der Waals surface area (Å²) >= 11 is 5.67. The van der Waals surface area contributed by atoms with Crippen LogP contribution in [0.5, 0.6) is 0 Å². The van der Waals surface area contributed by atoms with Crippen LogP contribution in [0.2, 0.25) is 5.15 Å². The van der Waals surface area contributed by atoms with E-state index in [0.717, 1.165) is 11.3 Å². The van der Waals surface area contributed by atoms with Gasteiger partial charge in [-0.1, -0.05) is 11.6 Å². The van der Waals surface area contributed by atoms with Crippen molar-refractivity contribution in [3.63, 3.8) is 0 Å². The first-order chi connectivity index (χ1) is 7.34. The highest BCUT2D eigenvalue weighted by Crippen LogP contribution is 2.10. The largest absolute Gasteiger partial charge is 0.380 e. The second-order valence-electron chi connectivity index (χ2n) is 2.97. The lowest BCUT2D eigenvalue weighted by Gasteiger charge is -2.04. The Morgan fingerprint density at radius 3 is 2.60 bits per heavy atom. The first-order valence-electron chi connectivity index (χ1n) is 4.44. The standard InChI is InChI=1S/C10H9ClN4/c11-10-2-1-9(6-15-10)14-5-8-3-12-7-13-4-8/h1-4,6-7,14H,5H2. The fraction of sp³-hybridized carbons (Fsp3) is 0.100. The van der Waals surface area contributed by atoms with E-state index in [1.807, 2.05) is 6.07 Å². The highest BCUT2D eigenvalue weighted by atomic mass is 35.5. The number of hydrogen-bond acceptors (Lipinski definition) is 4. The molecule has 2 rings (SSSR count). The number of nitrogens with one attached hydrogen (secondary N) is 1. The Bertz CT molecular complexity index is 415. The molecule has 0 bridgehead atoms.